The van der Waals surface area contributed by atoms with Gasteiger partial charge in [0.25, 0.3) is 0 Å². The van der Waals surface area contributed by atoms with Gasteiger partial charge in [-0.2, -0.15) is 21.0 Å². The molecule has 0 bridgehead atoms. The van der Waals surface area contributed by atoms with Gasteiger partial charge in [0.15, 0.2) is 0 Å². The molecule has 0 fully saturated rings. The van der Waals surface area contributed by atoms with E-state index >= 15 is 0 Å². The molecule has 12 heteroatoms. The van der Waals surface area contributed by atoms with E-state index in [1.807, 2.05) is 65.9 Å². The maximum Gasteiger partial charge on any atom is 0.345 e. The molecule has 5 heterocycles. The molecule has 0 atom stereocenters. The van der Waals surface area contributed by atoms with Crippen LogP contribution in [0.1, 0.15) is 95.8 Å². The Kier molecular flexibility index (Phi) is 17.1. The maximum absolute atomic E-state index is 11.9. The first kappa shape index (κ1) is 50.3. The van der Waals surface area contributed by atoms with Crippen LogP contribution in [0.25, 0.3) is 63.0 Å². The zero-order valence-corrected chi connectivity index (χ0v) is 43.5. The molecular weight excluding hydrogens is 971 g/mol. The van der Waals surface area contributed by atoms with E-state index in [1.165, 1.54) is 103 Å². The molecule has 8 aromatic rings. The molecule has 0 radical (unpaired) electrons. The van der Waals surface area contributed by atoms with Crippen molar-refractivity contribution in [3.8, 4) is 75.1 Å². The van der Waals surface area contributed by atoms with Gasteiger partial charge in [0.2, 0.25) is 0 Å². The number of hydrogen-bond donors (Lipinski definition) is 1. The number of aromatic carboxylic acids is 1. The number of thiophene rings is 5. The van der Waals surface area contributed by atoms with Crippen LogP contribution in [0.15, 0.2) is 132 Å². The molecule has 0 aliphatic rings. The minimum atomic E-state index is -0.885. The van der Waals surface area contributed by atoms with Gasteiger partial charge in [-0.15, -0.1) is 56.7 Å². The van der Waals surface area contributed by atoms with E-state index in [-0.39, 0.29) is 11.1 Å². The normalized spacial score (nSPS) is 10.7. The molecule has 0 aliphatic heterocycles. The molecule has 352 valence electrons. The van der Waals surface area contributed by atoms with Crippen molar-refractivity contribution in [2.45, 2.75) is 78.1 Å². The zero-order chi connectivity index (χ0) is 49.7. The van der Waals surface area contributed by atoms with E-state index in [4.69, 9.17) is 0 Å². The minimum Gasteiger partial charge on any atom is -0.477 e. The summed E-state index contributed by atoms with van der Waals surface area (Å²) in [6.07, 6.45) is 14.6. The molecular formula is C59H49N5O2S5. The van der Waals surface area contributed by atoms with E-state index in [9.17, 15) is 30.9 Å². The molecule has 71 heavy (non-hydrogen) atoms. The molecule has 0 spiro atoms. The highest BCUT2D eigenvalue weighted by molar-refractivity contribution is 7.27. The van der Waals surface area contributed by atoms with E-state index in [2.05, 4.69) is 104 Å². The summed E-state index contributed by atoms with van der Waals surface area (Å²) >= 11 is 8.07. The predicted octanol–water partition coefficient (Wildman–Crippen LogP) is 18.6. The maximum atomic E-state index is 11.9. The summed E-state index contributed by atoms with van der Waals surface area (Å²) in [5.74, 6) is -0.885. The Morgan fingerprint density at radius 1 is 0.479 bits per heavy atom. The molecule has 0 aliphatic carbocycles. The second kappa shape index (κ2) is 24.1. The number of allylic oxidation sites excluding steroid dienone is 2. The van der Waals surface area contributed by atoms with Crippen LogP contribution in [-0.4, -0.2) is 11.1 Å². The van der Waals surface area contributed by atoms with Crippen molar-refractivity contribution >= 4 is 91.9 Å². The first-order chi connectivity index (χ1) is 34.7. The fraction of sp³-hybridized carbons (Fsp3) is 0.203. The second-order valence-electron chi connectivity index (χ2n) is 17.0. The third kappa shape index (κ3) is 12.3. The Morgan fingerprint density at radius 2 is 0.887 bits per heavy atom. The molecule has 8 rings (SSSR count). The summed E-state index contributed by atoms with van der Waals surface area (Å²) in [4.78, 5) is 24.2. The number of benzene rings is 3. The number of unbranched alkanes of at least 4 members (excludes halogenated alkanes) is 6. The molecule has 0 saturated heterocycles. The Morgan fingerprint density at radius 3 is 1.31 bits per heavy atom. The first-order valence-corrected chi connectivity index (χ1v) is 27.7. The van der Waals surface area contributed by atoms with Gasteiger partial charge in [-0.05, 0) is 151 Å². The lowest BCUT2D eigenvalue weighted by Crippen LogP contribution is -2.09. The number of aryl methyl sites for hydroxylation is 2. The van der Waals surface area contributed by atoms with Gasteiger partial charge in [-0.3, -0.25) is 0 Å². The van der Waals surface area contributed by atoms with Crippen LogP contribution in [0.3, 0.4) is 0 Å². The number of rotatable bonds is 21. The van der Waals surface area contributed by atoms with Crippen molar-refractivity contribution in [1.29, 1.82) is 21.0 Å². The molecule has 1 N–H and O–H groups in total. The van der Waals surface area contributed by atoms with E-state index in [0.29, 0.717) is 4.88 Å². The van der Waals surface area contributed by atoms with Crippen molar-refractivity contribution in [2.24, 2.45) is 0 Å². The van der Waals surface area contributed by atoms with Crippen molar-refractivity contribution in [2.75, 3.05) is 4.90 Å². The summed E-state index contributed by atoms with van der Waals surface area (Å²) in [5, 5.41) is 46.9. The van der Waals surface area contributed by atoms with Crippen LogP contribution in [0.5, 0.6) is 0 Å². The standard InChI is InChI=1S/C59H49N5O2S5/c1-3-5-7-9-11-44-33-55(70-58(44)56-34-45(12-10-8-6-4-2)57(71-56)53-29-30-54(69-53)59(65)66)43-17-23-48(24-18-43)64(46-19-13-41(14-20-46)51-27-25-49(67-51)31-39(35-60)36-61)47-21-15-42(16-22-47)52-28-26-50(68-52)32-40(37-62)38-63/h13-34H,3-12H2,1-2H3,(H,65,66). The summed E-state index contributed by atoms with van der Waals surface area (Å²) in [6, 6.07) is 49.8. The summed E-state index contributed by atoms with van der Waals surface area (Å²) in [6.45, 7) is 4.48. The van der Waals surface area contributed by atoms with Gasteiger partial charge in [0.1, 0.15) is 40.3 Å². The third-order valence-electron chi connectivity index (χ3n) is 12.0. The van der Waals surface area contributed by atoms with Crippen molar-refractivity contribution < 1.29 is 9.90 Å². The Labute approximate surface area is 436 Å². The van der Waals surface area contributed by atoms with Gasteiger partial charge in [-0.25, -0.2) is 4.79 Å². The fourth-order valence-corrected chi connectivity index (χ4v) is 13.8. The number of nitrogens with zero attached hydrogens (tertiary/aromatic N) is 5. The van der Waals surface area contributed by atoms with Crippen molar-refractivity contribution in [3.05, 3.63) is 158 Å². The molecule has 3 aromatic carbocycles. The van der Waals surface area contributed by atoms with Crippen LogP contribution in [-0.2, 0) is 12.8 Å². The van der Waals surface area contributed by atoms with Gasteiger partial charge in [0.05, 0.1) is 0 Å². The van der Waals surface area contributed by atoms with Gasteiger partial charge in [0, 0.05) is 61.0 Å². The Hall–Kier alpha value is -7.13. The number of carboxylic acid groups (broad SMARTS) is 1. The lowest BCUT2D eigenvalue weighted by Gasteiger charge is -2.26. The average molecular weight is 1020 g/mol. The lowest BCUT2D eigenvalue weighted by atomic mass is 10.0. The van der Waals surface area contributed by atoms with E-state index in [1.54, 1.807) is 29.6 Å². The predicted molar refractivity (Wildman–Crippen MR) is 299 cm³/mol. The average Bonchev–Trinajstić information content (AvgIpc) is 4.27. The number of hydrogen-bond acceptors (Lipinski definition) is 11. The summed E-state index contributed by atoms with van der Waals surface area (Å²) in [5.41, 5.74) is 8.94. The first-order valence-electron chi connectivity index (χ1n) is 23.7. The van der Waals surface area contributed by atoms with Crippen LogP contribution in [0.2, 0.25) is 0 Å². The van der Waals surface area contributed by atoms with Crippen LogP contribution < -0.4 is 4.90 Å². The SMILES string of the molecule is CCCCCCc1cc(-c2ccc(N(c3ccc(-c4ccc(C=C(C#N)C#N)s4)cc3)c3ccc(-c4ccc(C=C(C#N)C#N)s4)cc3)cc2)sc1-c1cc(CCCCCC)c(-c2ccc(C(=O)O)s2)s1. The summed E-state index contributed by atoms with van der Waals surface area (Å²) in [7, 11) is 0. The van der Waals surface area contributed by atoms with Crippen molar-refractivity contribution in [3.63, 3.8) is 0 Å². The highest BCUT2D eigenvalue weighted by atomic mass is 32.1. The zero-order valence-electron chi connectivity index (χ0n) is 39.4. The number of anilines is 3. The smallest absolute Gasteiger partial charge is 0.345 e. The third-order valence-corrected chi connectivity index (χ3v) is 18.0. The molecule has 0 amide bonds. The topological polar surface area (TPSA) is 136 Å². The van der Waals surface area contributed by atoms with Gasteiger partial charge >= 0.3 is 5.97 Å². The molecule has 0 unspecified atom stereocenters. The minimum absolute atomic E-state index is 0.0688. The second-order valence-corrected chi connectivity index (χ2v) is 22.4. The number of carbonyl (C=O) groups is 1. The molecule has 7 nitrogen and oxygen atoms in total. The van der Waals surface area contributed by atoms with Crippen molar-refractivity contribution in [1.82, 2.24) is 0 Å². The quantitative estimate of drug-likeness (QED) is 0.0559. The van der Waals surface area contributed by atoms with Gasteiger partial charge in [-0.1, -0.05) is 88.8 Å². The molecule has 0 saturated carbocycles. The van der Waals surface area contributed by atoms with Crippen LogP contribution in [0.4, 0.5) is 17.1 Å². The van der Waals surface area contributed by atoms with Gasteiger partial charge < -0.3 is 10.0 Å². The number of nitriles is 4. The molecule has 5 aromatic heterocycles. The number of carboxylic acids is 1. The highest BCUT2D eigenvalue weighted by Crippen LogP contribution is 2.48. The van der Waals surface area contributed by atoms with E-state index < -0.39 is 5.97 Å². The lowest BCUT2D eigenvalue weighted by molar-refractivity contribution is 0.0702. The fourth-order valence-electron chi connectivity index (χ4n) is 8.37. The van der Waals surface area contributed by atoms with Crippen LogP contribution in [0, 0.1) is 45.3 Å². The Balaban J connectivity index is 1.14. The van der Waals surface area contributed by atoms with Crippen LogP contribution >= 0.6 is 56.7 Å². The Bertz CT molecular complexity index is 3210. The largest absolute Gasteiger partial charge is 0.477 e. The highest BCUT2D eigenvalue weighted by Gasteiger charge is 2.21. The van der Waals surface area contributed by atoms with E-state index in [0.717, 1.165) is 83.8 Å². The summed E-state index contributed by atoms with van der Waals surface area (Å²) < 4.78 is 0. The monoisotopic (exact) mass is 1020 g/mol.